The number of amidine groups is 1. The molecule has 7 nitrogen and oxygen atoms in total. The van der Waals surface area contributed by atoms with Gasteiger partial charge in [-0.2, -0.15) is 10.4 Å². The van der Waals surface area contributed by atoms with Crippen LogP contribution >= 0.6 is 23.1 Å². The summed E-state index contributed by atoms with van der Waals surface area (Å²) in [5.41, 5.74) is 9.81. The smallest absolute Gasteiger partial charge is 0.135 e. The summed E-state index contributed by atoms with van der Waals surface area (Å²) in [6, 6.07) is 11.6. The SMILES string of the molecule is N#Cc1c(-c2ccco2)cc(-c2cccs2)nc1SC/C(N)=N/NN. The lowest BCUT2D eigenvalue weighted by atomic mass is 10.1. The highest BCUT2D eigenvalue weighted by Crippen LogP contribution is 2.35. The summed E-state index contributed by atoms with van der Waals surface area (Å²) >= 11 is 2.90. The van der Waals surface area contributed by atoms with Crippen LogP contribution < -0.4 is 17.1 Å². The van der Waals surface area contributed by atoms with Gasteiger partial charge in [0.2, 0.25) is 0 Å². The number of thioether (sulfide) groups is 1. The van der Waals surface area contributed by atoms with Gasteiger partial charge in [-0.05, 0) is 29.6 Å². The van der Waals surface area contributed by atoms with Gasteiger partial charge in [0.25, 0.3) is 0 Å². The predicted octanol–water partition coefficient (Wildman–Crippen LogP) is 2.77. The molecule has 3 aromatic heterocycles. The Balaban J connectivity index is 2.08. The van der Waals surface area contributed by atoms with E-state index in [0.717, 1.165) is 10.6 Å². The van der Waals surface area contributed by atoms with Crippen LogP contribution in [0.15, 0.2) is 56.5 Å². The number of hydrogen-bond donors (Lipinski definition) is 3. The van der Waals surface area contributed by atoms with E-state index in [1.54, 1.807) is 23.7 Å². The number of thiophene rings is 1. The zero-order chi connectivity index (χ0) is 17.6. The molecule has 0 saturated heterocycles. The Labute approximate surface area is 152 Å². The summed E-state index contributed by atoms with van der Waals surface area (Å²) in [5.74, 6) is 6.39. The van der Waals surface area contributed by atoms with Crippen molar-refractivity contribution < 1.29 is 4.42 Å². The topological polar surface area (TPSA) is 126 Å². The first kappa shape index (κ1) is 17.0. The van der Waals surface area contributed by atoms with Gasteiger partial charge in [0.05, 0.1) is 28.2 Å². The van der Waals surface area contributed by atoms with E-state index in [1.807, 2.05) is 29.6 Å². The lowest BCUT2D eigenvalue weighted by Gasteiger charge is -2.10. The lowest BCUT2D eigenvalue weighted by molar-refractivity contribution is 0.582. The molecule has 0 fully saturated rings. The first-order valence-electron chi connectivity index (χ1n) is 7.16. The van der Waals surface area contributed by atoms with Crippen LogP contribution in [0.4, 0.5) is 0 Å². The molecule has 0 aliphatic heterocycles. The van der Waals surface area contributed by atoms with Crippen LogP contribution in [0.5, 0.6) is 0 Å². The summed E-state index contributed by atoms with van der Waals surface area (Å²) in [6.45, 7) is 0. The highest BCUT2D eigenvalue weighted by Gasteiger charge is 2.18. The second-order valence-electron chi connectivity index (χ2n) is 4.82. The van der Waals surface area contributed by atoms with Gasteiger partial charge in [0.15, 0.2) is 0 Å². The third kappa shape index (κ3) is 3.83. The quantitative estimate of drug-likeness (QED) is 0.200. The Morgan fingerprint density at radius 2 is 2.32 bits per heavy atom. The number of nitrogens with one attached hydrogen (secondary N) is 1. The van der Waals surface area contributed by atoms with Gasteiger partial charge in [-0.3, -0.25) is 0 Å². The number of nitrogens with zero attached hydrogens (tertiary/aromatic N) is 3. The Kier molecular flexibility index (Phi) is 5.35. The predicted molar refractivity (Wildman–Crippen MR) is 99.6 cm³/mol. The number of hydrazone groups is 1. The van der Waals surface area contributed by atoms with Gasteiger partial charge in [-0.15, -0.1) is 11.3 Å². The molecule has 0 aromatic carbocycles. The molecule has 3 aromatic rings. The van der Waals surface area contributed by atoms with E-state index in [4.69, 9.17) is 16.0 Å². The van der Waals surface area contributed by atoms with E-state index < -0.39 is 0 Å². The Morgan fingerprint density at radius 3 is 2.96 bits per heavy atom. The number of aromatic nitrogens is 1. The zero-order valence-electron chi connectivity index (χ0n) is 13.0. The van der Waals surface area contributed by atoms with E-state index in [0.29, 0.717) is 33.5 Å². The molecule has 0 bridgehead atoms. The van der Waals surface area contributed by atoms with E-state index in [1.165, 1.54) is 11.8 Å². The molecule has 3 heterocycles. The number of furan rings is 1. The largest absolute Gasteiger partial charge is 0.464 e. The first-order valence-corrected chi connectivity index (χ1v) is 9.02. The van der Waals surface area contributed by atoms with Crippen LogP contribution in [0.1, 0.15) is 5.56 Å². The molecule has 0 atom stereocenters. The van der Waals surface area contributed by atoms with Crippen molar-refractivity contribution in [1.82, 2.24) is 10.5 Å². The number of hydrogen-bond acceptors (Lipinski definition) is 8. The van der Waals surface area contributed by atoms with Crippen molar-refractivity contribution in [1.29, 1.82) is 5.26 Å². The van der Waals surface area contributed by atoms with Crippen LogP contribution in [0.25, 0.3) is 21.9 Å². The van der Waals surface area contributed by atoms with Gasteiger partial charge in [0.1, 0.15) is 22.7 Å². The Bertz CT molecular complexity index is 913. The summed E-state index contributed by atoms with van der Waals surface area (Å²) in [7, 11) is 0. The van der Waals surface area contributed by atoms with Crippen molar-refractivity contribution in [3.05, 3.63) is 47.5 Å². The molecular weight excluding hydrogens is 356 g/mol. The molecule has 126 valence electrons. The molecular formula is C16H14N6OS2. The van der Waals surface area contributed by atoms with Crippen LogP contribution in [-0.4, -0.2) is 16.6 Å². The molecule has 0 saturated carbocycles. The highest BCUT2D eigenvalue weighted by molar-refractivity contribution is 8.00. The highest BCUT2D eigenvalue weighted by atomic mass is 32.2. The van der Waals surface area contributed by atoms with E-state index >= 15 is 0 Å². The minimum atomic E-state index is 0.305. The third-order valence-corrected chi connectivity index (χ3v) is 5.12. The minimum absolute atomic E-state index is 0.305. The molecule has 5 N–H and O–H groups in total. The van der Waals surface area contributed by atoms with Gasteiger partial charge >= 0.3 is 0 Å². The Hall–Kier alpha value is -2.80. The second kappa shape index (κ2) is 7.85. The number of hydrazine groups is 1. The summed E-state index contributed by atoms with van der Waals surface area (Å²) in [5, 5.41) is 15.9. The van der Waals surface area contributed by atoms with Crippen molar-refractivity contribution in [3.63, 3.8) is 0 Å². The van der Waals surface area contributed by atoms with Crippen molar-refractivity contribution >= 4 is 28.9 Å². The molecule has 0 aliphatic rings. The van der Waals surface area contributed by atoms with Crippen molar-refractivity contribution in [3.8, 4) is 28.0 Å². The van der Waals surface area contributed by atoms with Crippen LogP contribution in [0, 0.1) is 11.3 Å². The number of rotatable bonds is 6. The van der Waals surface area contributed by atoms with Gasteiger partial charge in [0, 0.05) is 5.56 Å². The van der Waals surface area contributed by atoms with Crippen molar-refractivity contribution in [2.75, 3.05) is 5.75 Å². The van der Waals surface area contributed by atoms with E-state index in [2.05, 4.69) is 21.7 Å². The number of pyridine rings is 1. The molecule has 0 spiro atoms. The van der Waals surface area contributed by atoms with Crippen LogP contribution in [-0.2, 0) is 0 Å². The minimum Gasteiger partial charge on any atom is -0.464 e. The van der Waals surface area contributed by atoms with Gasteiger partial charge < -0.3 is 10.2 Å². The number of nitrogens with two attached hydrogens (primary N) is 2. The molecule has 0 unspecified atom stereocenters. The molecule has 0 aliphatic carbocycles. The van der Waals surface area contributed by atoms with E-state index in [9.17, 15) is 5.26 Å². The third-order valence-electron chi connectivity index (χ3n) is 3.22. The van der Waals surface area contributed by atoms with E-state index in [-0.39, 0.29) is 0 Å². The maximum absolute atomic E-state index is 9.65. The van der Waals surface area contributed by atoms with Crippen molar-refractivity contribution in [2.45, 2.75) is 5.03 Å². The monoisotopic (exact) mass is 370 g/mol. The Morgan fingerprint density at radius 1 is 1.44 bits per heavy atom. The normalized spacial score (nSPS) is 11.3. The average Bonchev–Trinajstić information content (AvgIpc) is 3.32. The molecule has 9 heteroatoms. The van der Waals surface area contributed by atoms with Gasteiger partial charge in [-0.25, -0.2) is 16.4 Å². The lowest BCUT2D eigenvalue weighted by Crippen LogP contribution is -2.23. The molecule has 0 radical (unpaired) electrons. The molecule has 0 amide bonds. The average molecular weight is 370 g/mol. The fourth-order valence-corrected chi connectivity index (χ4v) is 3.67. The number of nitriles is 1. The molecule has 25 heavy (non-hydrogen) atoms. The standard InChI is InChI=1S/C16H14N6OS2/c17-8-11-10(13-3-1-5-23-13)7-12(14-4-2-6-24-14)20-16(11)25-9-15(18)21-22-19/h1-7,22H,9,19H2,(H2,18,21). The summed E-state index contributed by atoms with van der Waals surface area (Å²) in [4.78, 5) is 5.64. The van der Waals surface area contributed by atoms with Crippen LogP contribution in [0.3, 0.4) is 0 Å². The maximum atomic E-state index is 9.65. The first-order chi connectivity index (χ1) is 12.2. The fourth-order valence-electron chi connectivity index (χ4n) is 2.17. The summed E-state index contributed by atoms with van der Waals surface area (Å²) < 4.78 is 5.49. The fraction of sp³-hybridized carbons (Fsp3) is 0.0625. The molecule has 3 rings (SSSR count). The summed E-state index contributed by atoms with van der Waals surface area (Å²) in [6.07, 6.45) is 1.58. The van der Waals surface area contributed by atoms with Crippen molar-refractivity contribution in [2.24, 2.45) is 16.7 Å². The second-order valence-corrected chi connectivity index (χ2v) is 6.73. The maximum Gasteiger partial charge on any atom is 0.135 e. The zero-order valence-corrected chi connectivity index (χ0v) is 14.6. The van der Waals surface area contributed by atoms with Gasteiger partial charge in [-0.1, -0.05) is 17.8 Å². The van der Waals surface area contributed by atoms with Crippen LogP contribution in [0.2, 0.25) is 0 Å².